The van der Waals surface area contributed by atoms with Gasteiger partial charge in [-0.25, -0.2) is 0 Å². The van der Waals surface area contributed by atoms with Gasteiger partial charge in [0.15, 0.2) is 21.0 Å². The lowest BCUT2D eigenvalue weighted by atomic mass is 9.86. The lowest BCUT2D eigenvalue weighted by Gasteiger charge is -2.24. The van der Waals surface area contributed by atoms with Gasteiger partial charge in [0.25, 0.3) is 11.1 Å². The molecule has 2 N–H and O–H groups in total. The van der Waals surface area contributed by atoms with Crippen LogP contribution in [0.2, 0.25) is 0 Å². The molecule has 0 amide bonds. The fraction of sp³-hybridized carbons (Fsp3) is 0.259. The van der Waals surface area contributed by atoms with Crippen molar-refractivity contribution in [3.05, 3.63) is 99.4 Å². The van der Waals surface area contributed by atoms with Crippen molar-refractivity contribution in [2.24, 2.45) is 28.2 Å². The molecule has 210 valence electrons. The minimum atomic E-state index is -1.26. The van der Waals surface area contributed by atoms with E-state index in [1.54, 1.807) is 12.1 Å². The van der Waals surface area contributed by atoms with Crippen LogP contribution in [0.5, 0.6) is 23.3 Å². The molecular formula is C27H27BrN4O6S2. The van der Waals surface area contributed by atoms with Crippen molar-refractivity contribution in [3.8, 4) is 23.3 Å². The van der Waals surface area contributed by atoms with E-state index >= 15 is 0 Å². The average molecular weight is 648 g/mol. The van der Waals surface area contributed by atoms with Crippen LogP contribution in [0.3, 0.4) is 0 Å². The molecule has 4 rings (SSSR count). The van der Waals surface area contributed by atoms with Gasteiger partial charge >= 0.3 is 0 Å². The SMILES string of the molecule is COc1cc(C(c2c(O)n(C)c(=S)n(C)c2=O)c2c(O)n(C)c(=S)n(C)c2=O)cc(Br)c1OCc1ccccc1. The monoisotopic (exact) mass is 646 g/mol. The number of hydrogen-bond donors (Lipinski definition) is 2. The summed E-state index contributed by atoms with van der Waals surface area (Å²) in [6.07, 6.45) is 0. The standard InChI is InChI=1S/C27H27BrN4O6S2/c1-29-22(33)19(23(34)30(2)26(29)39)18(20-24(35)31(3)27(40)32(4)25(20)36)15-11-16(28)21(17(12-15)37-5)38-13-14-9-7-6-8-10-14/h6-12,18,33,35H,13H2,1-5H3. The van der Waals surface area contributed by atoms with E-state index in [9.17, 15) is 19.8 Å². The van der Waals surface area contributed by atoms with Gasteiger partial charge in [-0.2, -0.15) is 0 Å². The topological polar surface area (TPSA) is 113 Å². The molecule has 0 spiro atoms. The second-order valence-corrected chi connectivity index (χ2v) is 10.7. The largest absolute Gasteiger partial charge is 0.494 e. The zero-order chi connectivity index (χ0) is 29.5. The summed E-state index contributed by atoms with van der Waals surface area (Å²) in [6, 6.07) is 12.8. The van der Waals surface area contributed by atoms with Crippen molar-refractivity contribution in [2.45, 2.75) is 12.5 Å². The molecule has 0 saturated heterocycles. The van der Waals surface area contributed by atoms with Crippen LogP contribution in [-0.4, -0.2) is 35.6 Å². The van der Waals surface area contributed by atoms with Gasteiger partial charge in [-0.15, -0.1) is 0 Å². The van der Waals surface area contributed by atoms with Gasteiger partial charge in [-0.05, 0) is 63.6 Å². The fourth-order valence-electron chi connectivity index (χ4n) is 4.48. The van der Waals surface area contributed by atoms with Gasteiger partial charge in [-0.1, -0.05) is 30.3 Å². The zero-order valence-electron chi connectivity index (χ0n) is 22.3. The fourth-order valence-corrected chi connectivity index (χ4v) is 5.39. The number of benzene rings is 2. The highest BCUT2D eigenvalue weighted by Crippen LogP contribution is 2.43. The number of methoxy groups -OCH3 is 1. The Labute approximate surface area is 248 Å². The predicted octanol–water partition coefficient (Wildman–Crippen LogP) is 4.16. The minimum Gasteiger partial charge on any atom is -0.494 e. The second-order valence-electron chi connectivity index (χ2n) is 9.13. The van der Waals surface area contributed by atoms with Crippen molar-refractivity contribution in [1.29, 1.82) is 0 Å². The van der Waals surface area contributed by atoms with Gasteiger partial charge < -0.3 is 19.7 Å². The third kappa shape index (κ3) is 5.00. The molecule has 0 fully saturated rings. The van der Waals surface area contributed by atoms with E-state index in [-0.39, 0.29) is 27.3 Å². The van der Waals surface area contributed by atoms with Crippen LogP contribution in [0.4, 0.5) is 0 Å². The van der Waals surface area contributed by atoms with Crippen molar-refractivity contribution in [2.75, 3.05) is 7.11 Å². The van der Waals surface area contributed by atoms with Crippen LogP contribution in [0.1, 0.15) is 28.2 Å². The van der Waals surface area contributed by atoms with E-state index in [4.69, 9.17) is 33.9 Å². The van der Waals surface area contributed by atoms with E-state index in [1.807, 2.05) is 30.3 Å². The van der Waals surface area contributed by atoms with Crippen LogP contribution in [-0.2, 0) is 34.8 Å². The lowest BCUT2D eigenvalue weighted by molar-refractivity contribution is 0.282. The molecule has 2 aromatic heterocycles. The first-order valence-electron chi connectivity index (χ1n) is 11.9. The molecule has 0 atom stereocenters. The van der Waals surface area contributed by atoms with Crippen molar-refractivity contribution >= 4 is 40.4 Å². The molecule has 40 heavy (non-hydrogen) atoms. The quantitative estimate of drug-likeness (QED) is 0.288. The van der Waals surface area contributed by atoms with Crippen LogP contribution >= 0.6 is 40.4 Å². The van der Waals surface area contributed by atoms with E-state index < -0.39 is 28.8 Å². The predicted molar refractivity (Wildman–Crippen MR) is 159 cm³/mol. The van der Waals surface area contributed by atoms with Crippen molar-refractivity contribution in [3.63, 3.8) is 0 Å². The molecule has 13 heteroatoms. The van der Waals surface area contributed by atoms with E-state index in [0.717, 1.165) is 5.56 Å². The van der Waals surface area contributed by atoms with Gasteiger partial charge in [-0.3, -0.25) is 27.9 Å². The summed E-state index contributed by atoms with van der Waals surface area (Å²) >= 11 is 14.1. The normalized spacial score (nSPS) is 11.2. The van der Waals surface area contributed by atoms with E-state index in [1.165, 1.54) is 53.6 Å². The number of hydrogen-bond acceptors (Lipinski definition) is 8. The smallest absolute Gasteiger partial charge is 0.262 e. The summed E-state index contributed by atoms with van der Waals surface area (Å²) in [6.45, 7) is 0.257. The number of nitrogens with zero attached hydrogens (tertiary/aromatic N) is 4. The maximum Gasteiger partial charge on any atom is 0.262 e. The summed E-state index contributed by atoms with van der Waals surface area (Å²) in [5.41, 5.74) is -0.337. The number of aromatic hydroxyl groups is 2. The van der Waals surface area contributed by atoms with E-state index in [0.29, 0.717) is 21.5 Å². The molecule has 0 aliphatic carbocycles. The average Bonchev–Trinajstić information content (AvgIpc) is 2.95. The summed E-state index contributed by atoms with van der Waals surface area (Å²) in [7, 11) is 7.39. The molecule has 10 nitrogen and oxygen atoms in total. The lowest BCUT2D eigenvalue weighted by Crippen LogP contribution is -2.33. The maximum absolute atomic E-state index is 13.6. The van der Waals surface area contributed by atoms with Gasteiger partial charge in [0, 0.05) is 28.2 Å². The van der Waals surface area contributed by atoms with Crippen LogP contribution in [0, 0.1) is 9.54 Å². The number of rotatable bonds is 7. The minimum absolute atomic E-state index is 0.0667. The van der Waals surface area contributed by atoms with Gasteiger partial charge in [0.2, 0.25) is 11.8 Å². The Kier molecular flexibility index (Phi) is 8.38. The van der Waals surface area contributed by atoms with Crippen molar-refractivity contribution in [1.82, 2.24) is 18.3 Å². The number of aromatic nitrogens is 4. The molecule has 0 saturated carbocycles. The Bertz CT molecular complexity index is 1780. The Morgan fingerprint density at radius 1 is 0.850 bits per heavy atom. The maximum atomic E-state index is 13.6. The molecule has 0 unspecified atom stereocenters. The summed E-state index contributed by atoms with van der Waals surface area (Å²) < 4.78 is 17.2. The Hall–Kier alpha value is -3.68. The van der Waals surface area contributed by atoms with Crippen molar-refractivity contribution < 1.29 is 19.7 Å². The Morgan fingerprint density at radius 3 is 1.82 bits per heavy atom. The molecule has 0 aliphatic rings. The van der Waals surface area contributed by atoms with E-state index in [2.05, 4.69) is 15.9 Å². The highest BCUT2D eigenvalue weighted by molar-refractivity contribution is 9.10. The molecule has 0 aliphatic heterocycles. The van der Waals surface area contributed by atoms with Crippen LogP contribution < -0.4 is 20.6 Å². The molecule has 4 aromatic rings. The Balaban J connectivity index is 2.05. The zero-order valence-corrected chi connectivity index (χ0v) is 25.6. The first kappa shape index (κ1) is 29.3. The van der Waals surface area contributed by atoms with Gasteiger partial charge in [0.1, 0.15) is 6.61 Å². The summed E-state index contributed by atoms with van der Waals surface area (Å²) in [5, 5.41) is 22.4. The molecular weight excluding hydrogens is 620 g/mol. The highest BCUT2D eigenvalue weighted by Gasteiger charge is 2.33. The summed E-state index contributed by atoms with van der Waals surface area (Å²) in [4.78, 5) is 27.2. The van der Waals surface area contributed by atoms with Crippen LogP contribution in [0.15, 0.2) is 56.5 Å². The molecule has 2 heterocycles. The Morgan fingerprint density at radius 2 is 1.35 bits per heavy atom. The molecule has 0 radical (unpaired) electrons. The molecule has 2 aromatic carbocycles. The van der Waals surface area contributed by atoms with Crippen LogP contribution in [0.25, 0.3) is 0 Å². The van der Waals surface area contributed by atoms with Gasteiger partial charge in [0.05, 0.1) is 28.6 Å². The third-order valence-electron chi connectivity index (χ3n) is 6.72. The number of halogens is 1. The highest BCUT2D eigenvalue weighted by atomic mass is 79.9. The molecule has 0 bridgehead atoms. The first-order chi connectivity index (χ1) is 18.9. The second kappa shape index (κ2) is 11.4. The summed E-state index contributed by atoms with van der Waals surface area (Å²) in [5.74, 6) is -1.48. The first-order valence-corrected chi connectivity index (χ1v) is 13.5. The third-order valence-corrected chi connectivity index (χ3v) is 8.41. The number of ether oxygens (including phenoxy) is 2.